The third kappa shape index (κ3) is 2.79. The van der Waals surface area contributed by atoms with Gasteiger partial charge in [0.25, 0.3) is 5.91 Å². The van der Waals surface area contributed by atoms with Crippen molar-refractivity contribution in [3.8, 4) is 0 Å². The van der Waals surface area contributed by atoms with Crippen LogP contribution in [0.4, 0.5) is 5.82 Å². The number of hydrogen-bond donors (Lipinski definition) is 2. The Morgan fingerprint density at radius 1 is 1.35 bits per heavy atom. The lowest BCUT2D eigenvalue weighted by Crippen LogP contribution is -2.28. The van der Waals surface area contributed by atoms with E-state index in [1.165, 1.54) is 0 Å². The van der Waals surface area contributed by atoms with Crippen molar-refractivity contribution in [1.82, 2.24) is 15.5 Å². The number of aromatic nitrogens is 2. The number of aryl methyl sites for hydroxylation is 2. The first kappa shape index (κ1) is 14.0. The van der Waals surface area contributed by atoms with Gasteiger partial charge in [-0.05, 0) is 32.9 Å². The Kier molecular flexibility index (Phi) is 4.02. The highest BCUT2D eigenvalue weighted by Crippen LogP contribution is 2.21. The van der Waals surface area contributed by atoms with E-state index in [-0.39, 0.29) is 11.9 Å². The number of amides is 1. The summed E-state index contributed by atoms with van der Waals surface area (Å²) in [7, 11) is 1.76. The normalized spacial score (nSPS) is 12.0. The van der Waals surface area contributed by atoms with Gasteiger partial charge in [0.1, 0.15) is 17.3 Å². The summed E-state index contributed by atoms with van der Waals surface area (Å²) in [6, 6.07) is 5.08. The fourth-order valence-electron chi connectivity index (χ4n) is 2.15. The summed E-state index contributed by atoms with van der Waals surface area (Å²) in [6.45, 7) is 5.58. The van der Waals surface area contributed by atoms with Crippen LogP contribution in [0.3, 0.4) is 0 Å². The average molecular weight is 274 g/mol. The minimum atomic E-state index is -0.227. The number of carbonyl (C=O) groups is 1. The van der Waals surface area contributed by atoms with Crippen LogP contribution in [-0.4, -0.2) is 23.1 Å². The number of anilines is 1. The van der Waals surface area contributed by atoms with Crippen molar-refractivity contribution < 1.29 is 9.32 Å². The molecule has 0 fully saturated rings. The van der Waals surface area contributed by atoms with Gasteiger partial charge in [-0.25, -0.2) is 4.98 Å². The number of pyridine rings is 1. The van der Waals surface area contributed by atoms with E-state index in [1.54, 1.807) is 25.2 Å². The lowest BCUT2D eigenvalue weighted by molar-refractivity contribution is 0.0935. The van der Waals surface area contributed by atoms with Gasteiger partial charge in [0.15, 0.2) is 0 Å². The second kappa shape index (κ2) is 5.73. The van der Waals surface area contributed by atoms with Crippen LogP contribution in [0.25, 0.3) is 0 Å². The van der Waals surface area contributed by atoms with E-state index in [9.17, 15) is 4.79 Å². The first-order valence-electron chi connectivity index (χ1n) is 6.41. The highest BCUT2D eigenvalue weighted by Gasteiger charge is 2.19. The summed E-state index contributed by atoms with van der Waals surface area (Å²) in [5, 5.41) is 9.70. The summed E-state index contributed by atoms with van der Waals surface area (Å²) in [6.07, 6.45) is 0. The van der Waals surface area contributed by atoms with E-state index in [2.05, 4.69) is 20.8 Å². The van der Waals surface area contributed by atoms with Crippen LogP contribution in [0, 0.1) is 13.8 Å². The van der Waals surface area contributed by atoms with Crippen molar-refractivity contribution >= 4 is 11.7 Å². The average Bonchev–Trinajstić information content (AvgIpc) is 2.78. The van der Waals surface area contributed by atoms with Gasteiger partial charge >= 0.3 is 0 Å². The van der Waals surface area contributed by atoms with Gasteiger partial charge in [0.05, 0.1) is 11.7 Å². The van der Waals surface area contributed by atoms with Crippen molar-refractivity contribution in [2.75, 3.05) is 12.4 Å². The first-order valence-corrected chi connectivity index (χ1v) is 6.41. The van der Waals surface area contributed by atoms with Gasteiger partial charge in [0, 0.05) is 12.6 Å². The molecule has 0 saturated carbocycles. The number of rotatable bonds is 4. The Hall–Kier alpha value is -2.37. The van der Waals surface area contributed by atoms with E-state index in [1.807, 2.05) is 20.8 Å². The number of nitrogens with zero attached hydrogens (tertiary/aromatic N) is 2. The molecule has 0 spiro atoms. The second-order valence-electron chi connectivity index (χ2n) is 4.59. The first-order chi connectivity index (χ1) is 9.52. The van der Waals surface area contributed by atoms with Crippen molar-refractivity contribution in [2.45, 2.75) is 26.8 Å². The van der Waals surface area contributed by atoms with Gasteiger partial charge in [-0.3, -0.25) is 4.79 Å². The van der Waals surface area contributed by atoms with Crippen molar-refractivity contribution in [1.29, 1.82) is 0 Å². The molecule has 0 aromatic carbocycles. The highest BCUT2D eigenvalue weighted by atomic mass is 16.5. The smallest absolute Gasteiger partial charge is 0.270 e. The van der Waals surface area contributed by atoms with E-state index >= 15 is 0 Å². The third-order valence-electron chi connectivity index (χ3n) is 3.11. The molecule has 1 unspecified atom stereocenters. The molecule has 0 radical (unpaired) electrons. The molecule has 2 heterocycles. The number of nitrogens with one attached hydrogen (secondary N) is 2. The number of hydrogen-bond acceptors (Lipinski definition) is 5. The molecule has 2 N–H and O–H groups in total. The van der Waals surface area contributed by atoms with Crippen LogP contribution in [0.2, 0.25) is 0 Å². The molecular weight excluding hydrogens is 256 g/mol. The van der Waals surface area contributed by atoms with Crippen LogP contribution >= 0.6 is 0 Å². The largest absolute Gasteiger partial charge is 0.373 e. The maximum Gasteiger partial charge on any atom is 0.270 e. The van der Waals surface area contributed by atoms with E-state index in [0.29, 0.717) is 17.3 Å². The Morgan fingerprint density at radius 2 is 2.10 bits per heavy atom. The van der Waals surface area contributed by atoms with Gasteiger partial charge in [-0.2, -0.15) is 0 Å². The maximum atomic E-state index is 12.2. The number of carbonyl (C=O) groups excluding carboxylic acids is 1. The SMILES string of the molecule is CNc1cccc(C(=O)NC(C)c2c(C)noc2C)n1. The second-order valence-corrected chi connectivity index (χ2v) is 4.59. The van der Waals surface area contributed by atoms with Crippen LogP contribution in [0.1, 0.15) is 40.5 Å². The molecule has 1 atom stereocenters. The summed E-state index contributed by atoms with van der Waals surface area (Å²) in [5.41, 5.74) is 2.06. The molecule has 2 aromatic rings. The zero-order valence-corrected chi connectivity index (χ0v) is 12.0. The molecule has 0 aliphatic heterocycles. The molecule has 106 valence electrons. The fourth-order valence-corrected chi connectivity index (χ4v) is 2.15. The van der Waals surface area contributed by atoms with Gasteiger partial charge in [-0.1, -0.05) is 11.2 Å². The molecule has 0 aliphatic rings. The molecule has 2 aromatic heterocycles. The van der Waals surface area contributed by atoms with Gasteiger partial charge in [-0.15, -0.1) is 0 Å². The molecule has 6 heteroatoms. The highest BCUT2D eigenvalue weighted by molar-refractivity contribution is 5.92. The Balaban J connectivity index is 2.15. The molecule has 0 saturated heterocycles. The molecule has 0 aliphatic carbocycles. The van der Waals surface area contributed by atoms with Crippen LogP contribution in [0.5, 0.6) is 0 Å². The third-order valence-corrected chi connectivity index (χ3v) is 3.11. The molecule has 0 bridgehead atoms. The predicted octanol–water partition coefficient (Wildman–Crippen LogP) is 2.22. The lowest BCUT2D eigenvalue weighted by atomic mass is 10.1. The minimum Gasteiger partial charge on any atom is -0.373 e. The van der Waals surface area contributed by atoms with E-state index in [4.69, 9.17) is 4.52 Å². The zero-order chi connectivity index (χ0) is 14.7. The monoisotopic (exact) mass is 274 g/mol. The summed E-state index contributed by atoms with van der Waals surface area (Å²) < 4.78 is 5.11. The lowest BCUT2D eigenvalue weighted by Gasteiger charge is -2.13. The summed E-state index contributed by atoms with van der Waals surface area (Å²) in [5.74, 6) is 1.14. The fraction of sp³-hybridized carbons (Fsp3) is 0.357. The van der Waals surface area contributed by atoms with Crippen LogP contribution in [0.15, 0.2) is 22.7 Å². The quantitative estimate of drug-likeness (QED) is 0.893. The van der Waals surface area contributed by atoms with E-state index in [0.717, 1.165) is 11.3 Å². The molecule has 1 amide bonds. The predicted molar refractivity (Wildman–Crippen MR) is 75.6 cm³/mol. The summed E-state index contributed by atoms with van der Waals surface area (Å²) >= 11 is 0. The van der Waals surface area contributed by atoms with Crippen molar-refractivity contribution in [2.24, 2.45) is 0 Å². The maximum absolute atomic E-state index is 12.2. The molecule has 2 rings (SSSR count). The Labute approximate surface area is 117 Å². The zero-order valence-electron chi connectivity index (χ0n) is 12.0. The van der Waals surface area contributed by atoms with Crippen LogP contribution < -0.4 is 10.6 Å². The Bertz CT molecular complexity index is 602. The summed E-state index contributed by atoms with van der Waals surface area (Å²) in [4.78, 5) is 16.4. The van der Waals surface area contributed by atoms with Gasteiger partial charge < -0.3 is 15.2 Å². The minimum absolute atomic E-state index is 0.186. The van der Waals surface area contributed by atoms with E-state index < -0.39 is 0 Å². The van der Waals surface area contributed by atoms with Gasteiger partial charge in [0.2, 0.25) is 0 Å². The van der Waals surface area contributed by atoms with Crippen molar-refractivity contribution in [3.63, 3.8) is 0 Å². The standard InChI is InChI=1S/C14H18N4O2/c1-8(13-9(2)18-20-10(13)3)16-14(19)11-6-5-7-12(15-4)17-11/h5-8H,1-4H3,(H,15,17)(H,16,19). The Morgan fingerprint density at radius 3 is 2.70 bits per heavy atom. The molecule has 20 heavy (non-hydrogen) atoms. The topological polar surface area (TPSA) is 80.0 Å². The molecular formula is C14H18N4O2. The van der Waals surface area contributed by atoms with Crippen LogP contribution in [-0.2, 0) is 0 Å². The van der Waals surface area contributed by atoms with Crippen molar-refractivity contribution in [3.05, 3.63) is 40.9 Å². The molecule has 6 nitrogen and oxygen atoms in total.